The first-order chi connectivity index (χ1) is 13.5. The molecule has 28 heavy (non-hydrogen) atoms. The second-order valence-corrected chi connectivity index (χ2v) is 7.29. The Labute approximate surface area is 164 Å². The summed E-state index contributed by atoms with van der Waals surface area (Å²) in [4.78, 5) is 23.4. The van der Waals surface area contributed by atoms with Crippen LogP contribution in [0.25, 0.3) is 0 Å². The highest BCUT2D eigenvalue weighted by Crippen LogP contribution is 2.36. The fourth-order valence-corrected chi connectivity index (χ4v) is 3.72. The van der Waals surface area contributed by atoms with Gasteiger partial charge in [0.2, 0.25) is 0 Å². The van der Waals surface area contributed by atoms with Crippen LogP contribution in [0, 0.1) is 12.8 Å². The molecule has 6 heteroatoms. The van der Waals surface area contributed by atoms with E-state index in [1.165, 1.54) is 5.56 Å². The number of nitrogens with one attached hydrogen (secondary N) is 2. The number of aryl methyl sites for hydroxylation is 1. The van der Waals surface area contributed by atoms with Gasteiger partial charge in [0, 0.05) is 5.69 Å². The third-order valence-electron chi connectivity index (χ3n) is 5.32. The maximum Gasteiger partial charge on any atom is 0.323 e. The monoisotopic (exact) mass is 382 g/mol. The van der Waals surface area contributed by atoms with E-state index in [2.05, 4.69) is 10.6 Å². The molecular formula is C22H26N2O4. The van der Waals surface area contributed by atoms with Crippen molar-refractivity contribution in [2.24, 2.45) is 5.92 Å². The molecule has 0 radical (unpaired) electrons. The summed E-state index contributed by atoms with van der Waals surface area (Å²) in [6, 6.07) is 13.0. The second-order valence-electron chi connectivity index (χ2n) is 7.29. The van der Waals surface area contributed by atoms with E-state index in [1.54, 1.807) is 7.11 Å². The average Bonchev–Trinajstić information content (AvgIpc) is 2.69. The smallest absolute Gasteiger partial charge is 0.323 e. The van der Waals surface area contributed by atoms with Crippen molar-refractivity contribution in [2.75, 3.05) is 17.7 Å². The van der Waals surface area contributed by atoms with Crippen LogP contribution in [0.1, 0.15) is 42.7 Å². The van der Waals surface area contributed by atoms with E-state index in [4.69, 9.17) is 9.84 Å². The van der Waals surface area contributed by atoms with E-state index in [1.807, 2.05) is 49.4 Å². The SMILES string of the molecule is COc1ccc(C)cc1NC(=O)Nc1ccc(C2CCC(C(=O)O)CC2)cc1. The van der Waals surface area contributed by atoms with Crippen LogP contribution in [0.4, 0.5) is 16.2 Å². The van der Waals surface area contributed by atoms with Gasteiger partial charge in [-0.2, -0.15) is 0 Å². The van der Waals surface area contributed by atoms with Gasteiger partial charge < -0.3 is 20.5 Å². The minimum absolute atomic E-state index is 0.209. The Morgan fingerprint density at radius 3 is 2.29 bits per heavy atom. The molecule has 0 bridgehead atoms. The summed E-state index contributed by atoms with van der Waals surface area (Å²) >= 11 is 0. The van der Waals surface area contributed by atoms with E-state index < -0.39 is 5.97 Å². The Bertz CT molecular complexity index is 840. The molecule has 3 N–H and O–H groups in total. The number of rotatable bonds is 5. The maximum absolute atomic E-state index is 12.3. The van der Waals surface area contributed by atoms with E-state index >= 15 is 0 Å². The Morgan fingerprint density at radius 2 is 1.68 bits per heavy atom. The van der Waals surface area contributed by atoms with Crippen LogP contribution >= 0.6 is 0 Å². The molecule has 0 saturated heterocycles. The van der Waals surface area contributed by atoms with Gasteiger partial charge in [0.15, 0.2) is 0 Å². The van der Waals surface area contributed by atoms with Crippen LogP contribution in [-0.2, 0) is 4.79 Å². The number of hydrogen-bond donors (Lipinski definition) is 3. The van der Waals surface area contributed by atoms with Gasteiger partial charge in [-0.05, 0) is 73.9 Å². The number of carbonyl (C=O) groups excluding carboxylic acids is 1. The van der Waals surface area contributed by atoms with Crippen molar-refractivity contribution < 1.29 is 19.4 Å². The summed E-state index contributed by atoms with van der Waals surface area (Å²) in [5, 5.41) is 14.8. The zero-order valence-corrected chi connectivity index (χ0v) is 16.2. The van der Waals surface area contributed by atoms with Gasteiger partial charge in [-0.15, -0.1) is 0 Å². The van der Waals surface area contributed by atoms with Crippen LogP contribution in [0.15, 0.2) is 42.5 Å². The summed E-state index contributed by atoms with van der Waals surface area (Å²) in [7, 11) is 1.57. The average molecular weight is 382 g/mol. The number of methoxy groups -OCH3 is 1. The molecule has 0 heterocycles. The van der Waals surface area contributed by atoms with Crippen molar-refractivity contribution in [1.29, 1.82) is 0 Å². The molecule has 0 unspecified atom stereocenters. The lowest BCUT2D eigenvalue weighted by molar-refractivity contribution is -0.142. The van der Waals surface area contributed by atoms with Crippen molar-refractivity contribution in [3.63, 3.8) is 0 Å². The van der Waals surface area contributed by atoms with E-state index in [9.17, 15) is 9.59 Å². The first-order valence-corrected chi connectivity index (χ1v) is 9.51. The lowest BCUT2D eigenvalue weighted by Gasteiger charge is -2.26. The van der Waals surface area contributed by atoms with E-state index in [0.29, 0.717) is 23.0 Å². The Morgan fingerprint density at radius 1 is 1.00 bits per heavy atom. The van der Waals surface area contributed by atoms with Gasteiger partial charge in [0.1, 0.15) is 5.75 Å². The third-order valence-corrected chi connectivity index (χ3v) is 5.32. The molecule has 0 aromatic heterocycles. The predicted molar refractivity (Wildman–Crippen MR) is 109 cm³/mol. The molecule has 1 aliphatic carbocycles. The fraction of sp³-hybridized carbons (Fsp3) is 0.364. The summed E-state index contributed by atoms with van der Waals surface area (Å²) in [5.74, 6) is 0.0943. The molecular weight excluding hydrogens is 356 g/mol. The number of anilines is 2. The number of hydrogen-bond acceptors (Lipinski definition) is 3. The molecule has 1 aliphatic rings. The van der Waals surface area contributed by atoms with Crippen LogP contribution in [0.3, 0.4) is 0 Å². The number of benzene rings is 2. The second kappa shape index (κ2) is 8.78. The molecule has 2 aromatic rings. The van der Waals surface area contributed by atoms with Crippen molar-refractivity contribution in [3.05, 3.63) is 53.6 Å². The number of ether oxygens (including phenoxy) is 1. The first kappa shape index (κ1) is 19.7. The van der Waals surface area contributed by atoms with Gasteiger partial charge in [0.25, 0.3) is 0 Å². The molecule has 0 aliphatic heterocycles. The molecule has 0 atom stereocenters. The van der Waals surface area contributed by atoms with Crippen molar-refractivity contribution in [3.8, 4) is 5.75 Å². The number of amides is 2. The molecule has 1 saturated carbocycles. The maximum atomic E-state index is 12.3. The summed E-state index contributed by atoms with van der Waals surface area (Å²) in [6.45, 7) is 1.95. The molecule has 2 aromatic carbocycles. The predicted octanol–water partition coefficient (Wildman–Crippen LogP) is 5.01. The number of aliphatic carboxylic acids is 1. The lowest BCUT2D eigenvalue weighted by atomic mass is 9.79. The van der Waals surface area contributed by atoms with Crippen LogP contribution in [0.5, 0.6) is 5.75 Å². The molecule has 6 nitrogen and oxygen atoms in total. The minimum atomic E-state index is -0.686. The Balaban J connectivity index is 1.58. The quantitative estimate of drug-likeness (QED) is 0.678. The number of carboxylic acid groups (broad SMARTS) is 1. The topological polar surface area (TPSA) is 87.7 Å². The highest BCUT2D eigenvalue weighted by Gasteiger charge is 2.26. The molecule has 148 valence electrons. The van der Waals surface area contributed by atoms with Crippen molar-refractivity contribution in [2.45, 2.75) is 38.5 Å². The fourth-order valence-electron chi connectivity index (χ4n) is 3.72. The van der Waals surface area contributed by atoms with Crippen LogP contribution in [0.2, 0.25) is 0 Å². The number of urea groups is 1. The third kappa shape index (κ3) is 4.82. The summed E-state index contributed by atoms with van der Waals surface area (Å²) in [6.07, 6.45) is 3.22. The van der Waals surface area contributed by atoms with Gasteiger partial charge >= 0.3 is 12.0 Å². The van der Waals surface area contributed by atoms with Crippen molar-refractivity contribution in [1.82, 2.24) is 0 Å². The van der Waals surface area contributed by atoms with Crippen LogP contribution < -0.4 is 15.4 Å². The number of carboxylic acids is 1. The molecule has 2 amide bonds. The minimum Gasteiger partial charge on any atom is -0.495 e. The molecule has 3 rings (SSSR count). The van der Waals surface area contributed by atoms with E-state index in [0.717, 1.165) is 31.2 Å². The normalized spacial score (nSPS) is 18.9. The van der Waals surface area contributed by atoms with E-state index in [-0.39, 0.29) is 11.9 Å². The van der Waals surface area contributed by atoms with Crippen LogP contribution in [-0.4, -0.2) is 24.2 Å². The van der Waals surface area contributed by atoms with Gasteiger partial charge in [0.05, 0.1) is 18.7 Å². The zero-order valence-electron chi connectivity index (χ0n) is 16.2. The van der Waals surface area contributed by atoms with Crippen molar-refractivity contribution >= 4 is 23.4 Å². The Hall–Kier alpha value is -3.02. The lowest BCUT2D eigenvalue weighted by Crippen LogP contribution is -2.21. The highest BCUT2D eigenvalue weighted by molar-refractivity contribution is 6.00. The largest absolute Gasteiger partial charge is 0.495 e. The van der Waals surface area contributed by atoms with Gasteiger partial charge in [-0.1, -0.05) is 18.2 Å². The molecule has 0 spiro atoms. The highest BCUT2D eigenvalue weighted by atomic mass is 16.5. The summed E-state index contributed by atoms with van der Waals surface area (Å²) in [5.41, 5.74) is 3.53. The standard InChI is InChI=1S/C22H26N2O4/c1-14-3-12-20(28-2)19(13-14)24-22(27)23-18-10-8-16(9-11-18)15-4-6-17(7-5-15)21(25)26/h3,8-13,15,17H,4-7H2,1-2H3,(H,25,26)(H2,23,24,27). The van der Waals surface area contributed by atoms with Gasteiger partial charge in [-0.25, -0.2) is 4.79 Å². The summed E-state index contributed by atoms with van der Waals surface area (Å²) < 4.78 is 5.28. The number of carbonyl (C=O) groups is 2. The first-order valence-electron chi connectivity index (χ1n) is 9.51. The molecule has 1 fully saturated rings. The Kier molecular flexibility index (Phi) is 6.19. The van der Waals surface area contributed by atoms with Gasteiger partial charge in [-0.3, -0.25) is 4.79 Å². The zero-order chi connectivity index (χ0) is 20.1.